The minimum atomic E-state index is -0.482. The summed E-state index contributed by atoms with van der Waals surface area (Å²) >= 11 is 13.0. The third kappa shape index (κ3) is 4.94. The van der Waals surface area contributed by atoms with E-state index in [1.54, 1.807) is 36.4 Å². The number of nitrogens with zero attached hydrogens (tertiary/aromatic N) is 3. The third-order valence-corrected chi connectivity index (χ3v) is 4.82. The van der Waals surface area contributed by atoms with E-state index in [4.69, 9.17) is 23.2 Å². The number of non-ortho nitro benzene ring substituents is 1. The van der Waals surface area contributed by atoms with Crippen molar-refractivity contribution in [3.63, 3.8) is 0 Å². The molecule has 0 atom stereocenters. The molecule has 1 fully saturated rings. The number of halogens is 2. The molecule has 0 spiro atoms. The van der Waals surface area contributed by atoms with Gasteiger partial charge in [-0.3, -0.25) is 20.2 Å². The lowest BCUT2D eigenvalue weighted by atomic mass is 10.2. The molecule has 0 bridgehead atoms. The van der Waals surface area contributed by atoms with E-state index in [1.165, 1.54) is 18.3 Å². The van der Waals surface area contributed by atoms with Gasteiger partial charge < -0.3 is 0 Å². The molecule has 27 heavy (non-hydrogen) atoms. The number of rotatable bonds is 4. The van der Waals surface area contributed by atoms with Crippen LogP contribution in [-0.2, 0) is 4.79 Å². The summed E-state index contributed by atoms with van der Waals surface area (Å²) < 4.78 is 0. The van der Waals surface area contributed by atoms with Crippen molar-refractivity contribution in [2.45, 2.75) is 0 Å². The molecule has 2 aromatic carbocycles. The number of nitro benzene ring substituents is 1. The molecule has 1 heterocycles. The average molecular weight is 421 g/mol. The highest BCUT2D eigenvalue weighted by Gasteiger charge is 2.23. The first kappa shape index (κ1) is 19.1. The van der Waals surface area contributed by atoms with Crippen molar-refractivity contribution in [2.75, 3.05) is 0 Å². The predicted octanol–water partition coefficient (Wildman–Crippen LogP) is 4.50. The van der Waals surface area contributed by atoms with Crippen molar-refractivity contribution in [1.82, 2.24) is 5.32 Å². The van der Waals surface area contributed by atoms with Gasteiger partial charge in [-0.15, -0.1) is 5.10 Å². The maximum absolute atomic E-state index is 12.0. The van der Waals surface area contributed by atoms with Crippen LogP contribution >= 0.6 is 35.0 Å². The van der Waals surface area contributed by atoms with Crippen LogP contribution in [0.3, 0.4) is 0 Å². The van der Waals surface area contributed by atoms with Crippen LogP contribution in [0.4, 0.5) is 5.69 Å². The molecular weight excluding hydrogens is 411 g/mol. The van der Waals surface area contributed by atoms with Gasteiger partial charge in [0.2, 0.25) is 0 Å². The fourth-order valence-electron chi connectivity index (χ4n) is 2.07. The molecule has 7 nitrogen and oxygen atoms in total. The molecule has 136 valence electrons. The molecule has 1 N–H and O–H groups in total. The van der Waals surface area contributed by atoms with Crippen LogP contribution in [-0.4, -0.2) is 22.2 Å². The Morgan fingerprint density at radius 1 is 1.15 bits per heavy atom. The number of nitro groups is 1. The van der Waals surface area contributed by atoms with E-state index < -0.39 is 4.92 Å². The first-order valence-corrected chi connectivity index (χ1v) is 9.01. The Bertz CT molecular complexity index is 1000. The molecule has 2 aromatic rings. The van der Waals surface area contributed by atoms with Crippen molar-refractivity contribution in [3.05, 3.63) is 78.7 Å². The summed E-state index contributed by atoms with van der Waals surface area (Å²) in [6, 6.07) is 10.9. The highest BCUT2D eigenvalue weighted by atomic mass is 35.5. The smallest absolute Gasteiger partial charge is 0.269 e. The van der Waals surface area contributed by atoms with Gasteiger partial charge in [0.1, 0.15) is 0 Å². The molecule has 1 amide bonds. The summed E-state index contributed by atoms with van der Waals surface area (Å²) in [5.74, 6) is -0.322. The molecule has 0 unspecified atom stereocenters. The first-order valence-electron chi connectivity index (χ1n) is 7.44. The number of carbonyl (C=O) groups is 1. The van der Waals surface area contributed by atoms with Crippen LogP contribution in [0.15, 0.2) is 57.6 Å². The normalized spacial score (nSPS) is 17.0. The van der Waals surface area contributed by atoms with E-state index in [0.29, 0.717) is 31.2 Å². The minimum absolute atomic E-state index is 0.0156. The zero-order chi connectivity index (χ0) is 19.4. The molecule has 10 heteroatoms. The summed E-state index contributed by atoms with van der Waals surface area (Å²) in [4.78, 5) is 22.6. The summed E-state index contributed by atoms with van der Waals surface area (Å²) in [5, 5.41) is 22.4. The maximum Gasteiger partial charge on any atom is 0.269 e. The van der Waals surface area contributed by atoms with E-state index in [-0.39, 0.29) is 11.6 Å². The van der Waals surface area contributed by atoms with Gasteiger partial charge in [0.05, 0.1) is 21.1 Å². The lowest BCUT2D eigenvalue weighted by molar-refractivity contribution is -0.384. The van der Waals surface area contributed by atoms with Crippen molar-refractivity contribution in [1.29, 1.82) is 0 Å². The Balaban J connectivity index is 1.71. The Morgan fingerprint density at radius 3 is 2.56 bits per heavy atom. The third-order valence-electron chi connectivity index (χ3n) is 3.36. The Hall–Kier alpha value is -2.68. The number of amides is 1. The van der Waals surface area contributed by atoms with Crippen molar-refractivity contribution < 1.29 is 9.72 Å². The zero-order valence-corrected chi connectivity index (χ0v) is 15.8. The molecular formula is C17H10Cl2N4O3S. The van der Waals surface area contributed by atoms with Gasteiger partial charge in [0.15, 0.2) is 5.17 Å². The summed E-state index contributed by atoms with van der Waals surface area (Å²) in [5.41, 5.74) is 1.29. The highest BCUT2D eigenvalue weighted by molar-refractivity contribution is 8.18. The number of amidine groups is 1. The van der Waals surface area contributed by atoms with Crippen molar-refractivity contribution in [3.8, 4) is 0 Å². The first-order chi connectivity index (χ1) is 12.9. The quantitative estimate of drug-likeness (QED) is 0.340. The number of nitrogens with one attached hydrogen (secondary N) is 1. The van der Waals surface area contributed by atoms with Crippen LogP contribution in [0.25, 0.3) is 6.08 Å². The maximum atomic E-state index is 12.0. The topological polar surface area (TPSA) is 97.0 Å². The number of carbonyl (C=O) groups excluding carboxylic acids is 1. The van der Waals surface area contributed by atoms with Crippen LogP contribution < -0.4 is 5.32 Å². The number of hydrogen-bond donors (Lipinski definition) is 1. The summed E-state index contributed by atoms with van der Waals surface area (Å²) in [6.07, 6.45) is 3.07. The molecule has 0 aromatic heterocycles. The highest BCUT2D eigenvalue weighted by Crippen LogP contribution is 2.26. The van der Waals surface area contributed by atoms with Crippen LogP contribution in [0, 0.1) is 10.1 Å². The van der Waals surface area contributed by atoms with E-state index in [9.17, 15) is 14.9 Å². The number of hydrogen-bond acceptors (Lipinski definition) is 6. The standard InChI is InChI=1S/C17H10Cl2N4O3S/c18-12-4-3-11(14(19)8-12)9-20-22-17-21-16(24)15(27-17)7-10-1-5-13(6-2-10)23(25)26/h1-9H,(H,21,22,24)/b15-7+,20-9?. The fourth-order valence-corrected chi connectivity index (χ4v) is 3.30. The molecule has 0 saturated carbocycles. The SMILES string of the molecule is O=C1NC(=NN=Cc2ccc(Cl)cc2Cl)S/C1=C/c1ccc([N+](=O)[O-])cc1. The van der Waals surface area contributed by atoms with Crippen LogP contribution in [0.1, 0.15) is 11.1 Å². The second kappa shape index (κ2) is 8.34. The Morgan fingerprint density at radius 2 is 1.89 bits per heavy atom. The van der Waals surface area contributed by atoms with Gasteiger partial charge in [-0.2, -0.15) is 5.10 Å². The molecule has 1 saturated heterocycles. The minimum Gasteiger partial charge on any atom is -0.299 e. The van der Waals surface area contributed by atoms with Gasteiger partial charge >= 0.3 is 0 Å². The monoisotopic (exact) mass is 420 g/mol. The lowest BCUT2D eigenvalue weighted by Crippen LogP contribution is -2.19. The summed E-state index contributed by atoms with van der Waals surface area (Å²) in [7, 11) is 0. The van der Waals surface area contributed by atoms with Gasteiger partial charge in [0, 0.05) is 22.7 Å². The van der Waals surface area contributed by atoms with Crippen LogP contribution in [0.2, 0.25) is 10.0 Å². The van der Waals surface area contributed by atoms with E-state index in [1.807, 2.05) is 0 Å². The van der Waals surface area contributed by atoms with E-state index in [0.717, 1.165) is 11.8 Å². The van der Waals surface area contributed by atoms with Crippen molar-refractivity contribution in [2.24, 2.45) is 10.2 Å². The number of thioether (sulfide) groups is 1. The average Bonchev–Trinajstić information content (AvgIpc) is 2.97. The predicted molar refractivity (Wildman–Crippen MR) is 108 cm³/mol. The van der Waals surface area contributed by atoms with Gasteiger partial charge in [0.25, 0.3) is 11.6 Å². The molecule has 0 aliphatic carbocycles. The summed E-state index contributed by atoms with van der Waals surface area (Å²) in [6.45, 7) is 0. The van der Waals surface area contributed by atoms with Crippen LogP contribution in [0.5, 0.6) is 0 Å². The Kier molecular flexibility index (Phi) is 5.90. The zero-order valence-electron chi connectivity index (χ0n) is 13.4. The van der Waals surface area contributed by atoms with E-state index >= 15 is 0 Å². The Labute approximate surface area is 167 Å². The molecule has 3 rings (SSSR count). The largest absolute Gasteiger partial charge is 0.299 e. The molecule has 1 aliphatic rings. The second-order valence-electron chi connectivity index (χ2n) is 5.23. The fraction of sp³-hybridized carbons (Fsp3) is 0. The molecule has 0 radical (unpaired) electrons. The number of benzene rings is 2. The second-order valence-corrected chi connectivity index (χ2v) is 7.10. The lowest BCUT2D eigenvalue weighted by Gasteiger charge is -1.96. The van der Waals surface area contributed by atoms with Crippen molar-refractivity contribution >= 4 is 64.0 Å². The van der Waals surface area contributed by atoms with Gasteiger partial charge in [-0.05, 0) is 47.7 Å². The van der Waals surface area contributed by atoms with Gasteiger partial charge in [-0.25, -0.2) is 0 Å². The molecule has 1 aliphatic heterocycles. The van der Waals surface area contributed by atoms with Gasteiger partial charge in [-0.1, -0.05) is 29.3 Å². The van der Waals surface area contributed by atoms with E-state index in [2.05, 4.69) is 15.5 Å².